The second-order valence-electron chi connectivity index (χ2n) is 19.0. The summed E-state index contributed by atoms with van der Waals surface area (Å²) in [6.07, 6.45) is 81.7. The molecule has 0 fully saturated rings. The highest BCUT2D eigenvalue weighted by atomic mass is 16.3. The van der Waals surface area contributed by atoms with E-state index in [4.69, 9.17) is 0 Å². The average molecular weight is 905 g/mol. The van der Waals surface area contributed by atoms with Crippen molar-refractivity contribution in [1.82, 2.24) is 5.32 Å². The van der Waals surface area contributed by atoms with Gasteiger partial charge in [0, 0.05) is 6.42 Å². The first-order valence-electron chi connectivity index (χ1n) is 28.3. The molecule has 0 radical (unpaired) electrons. The van der Waals surface area contributed by atoms with Gasteiger partial charge < -0.3 is 15.5 Å². The molecule has 2 atom stereocenters. The Bertz CT molecular complexity index is 1160. The van der Waals surface area contributed by atoms with E-state index in [1.807, 2.05) is 6.08 Å². The summed E-state index contributed by atoms with van der Waals surface area (Å²) in [6, 6.07) is -0.650. The van der Waals surface area contributed by atoms with Crippen LogP contribution in [0, 0.1) is 0 Å². The van der Waals surface area contributed by atoms with E-state index in [9.17, 15) is 15.0 Å². The molecule has 0 saturated carbocycles. The van der Waals surface area contributed by atoms with Gasteiger partial charge in [-0.05, 0) is 83.5 Å². The molecule has 2 unspecified atom stereocenters. The molecule has 3 N–H and O–H groups in total. The molecule has 4 nitrogen and oxygen atoms in total. The molecule has 0 saturated heterocycles. The van der Waals surface area contributed by atoms with Crippen molar-refractivity contribution in [3.05, 3.63) is 85.1 Å². The summed E-state index contributed by atoms with van der Waals surface area (Å²) in [5, 5.41) is 23.1. The van der Waals surface area contributed by atoms with Crippen molar-refractivity contribution in [2.45, 2.75) is 289 Å². The Kier molecular flexibility index (Phi) is 53.8. The van der Waals surface area contributed by atoms with Crippen LogP contribution < -0.4 is 5.32 Å². The zero-order valence-corrected chi connectivity index (χ0v) is 43.2. The average Bonchev–Trinajstić information content (AvgIpc) is 3.31. The Morgan fingerprint density at radius 2 is 0.692 bits per heavy atom. The minimum Gasteiger partial charge on any atom is -0.394 e. The number of nitrogens with one attached hydrogen (secondary N) is 1. The third kappa shape index (κ3) is 52.4. The van der Waals surface area contributed by atoms with Gasteiger partial charge >= 0.3 is 0 Å². The summed E-state index contributed by atoms with van der Waals surface area (Å²) in [5.41, 5.74) is 0. The lowest BCUT2D eigenvalue weighted by Gasteiger charge is -2.19. The highest BCUT2D eigenvalue weighted by molar-refractivity contribution is 5.76. The molecular weight excluding hydrogens is 795 g/mol. The van der Waals surface area contributed by atoms with Crippen molar-refractivity contribution in [1.29, 1.82) is 0 Å². The second-order valence-corrected chi connectivity index (χ2v) is 19.0. The fourth-order valence-electron chi connectivity index (χ4n) is 8.32. The van der Waals surface area contributed by atoms with Gasteiger partial charge in [0.05, 0.1) is 18.8 Å². The molecule has 0 aromatic rings. The van der Waals surface area contributed by atoms with Crippen LogP contribution in [0.4, 0.5) is 0 Å². The van der Waals surface area contributed by atoms with E-state index in [0.717, 1.165) is 64.2 Å². The second kappa shape index (κ2) is 55.9. The molecule has 376 valence electrons. The third-order valence-corrected chi connectivity index (χ3v) is 12.6. The summed E-state index contributed by atoms with van der Waals surface area (Å²) in [5.74, 6) is -0.0780. The molecule has 0 heterocycles. The molecule has 0 aromatic carbocycles. The van der Waals surface area contributed by atoms with Gasteiger partial charge in [-0.2, -0.15) is 0 Å². The molecule has 0 bridgehead atoms. The number of unbranched alkanes of at least 4 members (excludes halogenated alkanes) is 32. The van der Waals surface area contributed by atoms with Crippen LogP contribution in [0.3, 0.4) is 0 Å². The van der Waals surface area contributed by atoms with Gasteiger partial charge in [0.15, 0.2) is 0 Å². The Morgan fingerprint density at radius 3 is 1.08 bits per heavy atom. The largest absolute Gasteiger partial charge is 0.394 e. The molecule has 0 aliphatic carbocycles. The normalized spacial score (nSPS) is 13.5. The number of hydrogen-bond donors (Lipinski definition) is 3. The molecular formula is C61H109NO3. The number of aliphatic hydroxyl groups is 2. The van der Waals surface area contributed by atoms with E-state index >= 15 is 0 Å². The molecule has 0 spiro atoms. The highest BCUT2D eigenvalue weighted by Crippen LogP contribution is 2.16. The molecule has 0 aromatic heterocycles. The number of carbonyl (C=O) groups is 1. The van der Waals surface area contributed by atoms with Gasteiger partial charge in [-0.15, -0.1) is 0 Å². The molecule has 0 aliphatic heterocycles. The number of hydrogen-bond acceptors (Lipinski definition) is 3. The van der Waals surface area contributed by atoms with E-state index in [-0.39, 0.29) is 12.5 Å². The van der Waals surface area contributed by atoms with Crippen LogP contribution in [0.1, 0.15) is 277 Å². The molecule has 0 aliphatic rings. The summed E-state index contributed by atoms with van der Waals surface area (Å²) >= 11 is 0. The van der Waals surface area contributed by atoms with Crippen LogP contribution in [0.15, 0.2) is 85.1 Å². The van der Waals surface area contributed by atoms with Crippen LogP contribution in [0.2, 0.25) is 0 Å². The predicted octanol–water partition coefficient (Wildman–Crippen LogP) is 18.8. The maximum absolute atomic E-state index is 12.5. The van der Waals surface area contributed by atoms with Gasteiger partial charge in [0.1, 0.15) is 0 Å². The quantitative estimate of drug-likeness (QED) is 0.0421. The smallest absolute Gasteiger partial charge is 0.220 e. The predicted molar refractivity (Wildman–Crippen MR) is 290 cm³/mol. The highest BCUT2D eigenvalue weighted by Gasteiger charge is 2.18. The van der Waals surface area contributed by atoms with Crippen LogP contribution in [0.25, 0.3) is 0 Å². The van der Waals surface area contributed by atoms with Crippen LogP contribution in [0.5, 0.6) is 0 Å². The fourth-order valence-corrected chi connectivity index (χ4v) is 8.32. The fraction of sp³-hybridized carbons (Fsp3) is 0.754. The van der Waals surface area contributed by atoms with Crippen molar-refractivity contribution < 1.29 is 15.0 Å². The van der Waals surface area contributed by atoms with E-state index in [1.54, 1.807) is 6.08 Å². The number of rotatable bonds is 51. The van der Waals surface area contributed by atoms with Crippen LogP contribution >= 0.6 is 0 Å². The first kappa shape index (κ1) is 62.6. The monoisotopic (exact) mass is 904 g/mol. The Hall–Kier alpha value is -2.43. The lowest BCUT2D eigenvalue weighted by molar-refractivity contribution is -0.123. The minimum absolute atomic E-state index is 0.0780. The molecule has 0 rings (SSSR count). The number of carbonyl (C=O) groups excluding carboxylic acids is 1. The number of allylic oxidation sites excluding steroid dienone is 13. The van der Waals surface area contributed by atoms with Crippen LogP contribution in [-0.4, -0.2) is 34.9 Å². The maximum atomic E-state index is 12.5. The molecule has 65 heavy (non-hydrogen) atoms. The van der Waals surface area contributed by atoms with E-state index in [1.165, 1.54) is 193 Å². The lowest BCUT2D eigenvalue weighted by Crippen LogP contribution is -2.45. The summed E-state index contributed by atoms with van der Waals surface area (Å²) in [7, 11) is 0. The van der Waals surface area contributed by atoms with Crippen LogP contribution in [-0.2, 0) is 4.79 Å². The van der Waals surface area contributed by atoms with Gasteiger partial charge in [-0.1, -0.05) is 272 Å². The Balaban J connectivity index is 3.56. The summed E-state index contributed by atoms with van der Waals surface area (Å²) in [6.45, 7) is 4.20. The third-order valence-electron chi connectivity index (χ3n) is 12.6. The Labute approximate surface area is 405 Å². The standard InChI is InChI=1S/C61H109NO3/c1-3-5-7-9-11-13-15-17-19-21-23-25-27-29-30-31-32-33-35-37-39-41-43-45-47-49-51-53-55-57-61(65)62-59(58-63)60(64)56-54-52-50-48-46-44-42-40-38-36-34-28-26-24-22-20-18-16-14-12-10-8-6-4-2/h5,7,11,13,17,19,23,25,38,40,46,48,54,56,59-60,63-64H,3-4,6,8-10,12,14-16,18,20-22,24,26-37,39,41-45,47,49-53,55,57-58H2,1-2H3,(H,62,65)/b7-5-,13-11-,19-17-,25-23-,40-38+,48-46+,56-54+. The van der Waals surface area contributed by atoms with Gasteiger partial charge in [0.2, 0.25) is 5.91 Å². The van der Waals surface area contributed by atoms with Crippen molar-refractivity contribution in [3.63, 3.8) is 0 Å². The topological polar surface area (TPSA) is 69.6 Å². The molecule has 1 amide bonds. The zero-order valence-electron chi connectivity index (χ0n) is 43.2. The molecule has 4 heteroatoms. The van der Waals surface area contributed by atoms with Crippen molar-refractivity contribution in [3.8, 4) is 0 Å². The number of amides is 1. The first-order valence-corrected chi connectivity index (χ1v) is 28.3. The van der Waals surface area contributed by atoms with E-state index in [2.05, 4.69) is 92.1 Å². The van der Waals surface area contributed by atoms with Crippen molar-refractivity contribution in [2.24, 2.45) is 0 Å². The van der Waals surface area contributed by atoms with Crippen molar-refractivity contribution in [2.75, 3.05) is 6.61 Å². The van der Waals surface area contributed by atoms with E-state index < -0.39 is 12.1 Å². The van der Waals surface area contributed by atoms with Gasteiger partial charge in [-0.3, -0.25) is 4.79 Å². The first-order chi connectivity index (χ1) is 32.2. The lowest BCUT2D eigenvalue weighted by atomic mass is 10.0. The van der Waals surface area contributed by atoms with Gasteiger partial charge in [0.25, 0.3) is 0 Å². The Morgan fingerprint density at radius 1 is 0.385 bits per heavy atom. The SMILES string of the molecule is CC/C=C\C/C=C\C/C=C\C/C=C\CCCCCCCCCCCCCCCCCCC(=O)NC(CO)C(O)/C=C/CC/C=C/CC/C=C/CCCCCCCCCCCCCCCC. The maximum Gasteiger partial charge on any atom is 0.220 e. The van der Waals surface area contributed by atoms with Gasteiger partial charge in [-0.25, -0.2) is 0 Å². The zero-order chi connectivity index (χ0) is 47.0. The summed E-state index contributed by atoms with van der Waals surface area (Å²) in [4.78, 5) is 12.5. The minimum atomic E-state index is -0.874. The summed E-state index contributed by atoms with van der Waals surface area (Å²) < 4.78 is 0. The van der Waals surface area contributed by atoms with E-state index in [0.29, 0.717) is 6.42 Å². The van der Waals surface area contributed by atoms with Crippen molar-refractivity contribution >= 4 is 5.91 Å². The number of aliphatic hydroxyl groups excluding tert-OH is 2.